The predicted octanol–water partition coefficient (Wildman–Crippen LogP) is 2.82. The van der Waals surface area contributed by atoms with Crippen molar-refractivity contribution >= 4 is 6.09 Å². The highest BCUT2D eigenvalue weighted by Crippen LogP contribution is 2.35. The number of carbonyl (C=O) groups is 1. The summed E-state index contributed by atoms with van der Waals surface area (Å²) in [6.45, 7) is 4.22. The topological polar surface area (TPSA) is 59.0 Å². The Kier molecular flexibility index (Phi) is 5.45. The fourth-order valence-corrected chi connectivity index (χ4v) is 2.45. The van der Waals surface area contributed by atoms with Gasteiger partial charge in [-0.05, 0) is 26.3 Å². The van der Waals surface area contributed by atoms with E-state index in [-0.39, 0.29) is 6.61 Å². The summed E-state index contributed by atoms with van der Waals surface area (Å²) < 4.78 is 38.9. The van der Waals surface area contributed by atoms with Gasteiger partial charge in [0.2, 0.25) is 0 Å². The summed E-state index contributed by atoms with van der Waals surface area (Å²) in [7, 11) is 0. The zero-order valence-electron chi connectivity index (χ0n) is 14.0. The summed E-state index contributed by atoms with van der Waals surface area (Å²) in [6.07, 6.45) is -2.82. The molecule has 7 heteroatoms. The summed E-state index contributed by atoms with van der Waals surface area (Å²) in [5, 5.41) is 9.61. The maximum atomic E-state index is 14.2. The molecule has 0 bridgehead atoms. The van der Waals surface area contributed by atoms with Crippen LogP contribution >= 0.6 is 0 Å². The van der Waals surface area contributed by atoms with E-state index in [1.54, 1.807) is 20.8 Å². The van der Waals surface area contributed by atoms with Crippen LogP contribution in [0.3, 0.4) is 0 Å². The average Bonchev–Trinajstić information content (AvgIpc) is 2.70. The Morgan fingerprint density at radius 3 is 2.54 bits per heavy atom. The van der Waals surface area contributed by atoms with Gasteiger partial charge in [-0.3, -0.25) is 4.90 Å². The van der Waals surface area contributed by atoms with Crippen molar-refractivity contribution in [1.82, 2.24) is 4.90 Å². The molecule has 1 aliphatic rings. The Hall–Kier alpha value is -1.73. The average molecular weight is 343 g/mol. The number of amides is 1. The largest absolute Gasteiger partial charge is 0.444 e. The Labute approximate surface area is 140 Å². The van der Waals surface area contributed by atoms with Crippen molar-refractivity contribution in [3.05, 3.63) is 35.9 Å². The van der Waals surface area contributed by atoms with Crippen molar-refractivity contribution in [1.29, 1.82) is 0 Å². The number of benzene rings is 1. The quantitative estimate of drug-likeness (QED) is 0.913. The number of nitrogens with zero attached hydrogens (tertiary/aromatic N) is 1. The summed E-state index contributed by atoms with van der Waals surface area (Å²) in [4.78, 5) is 13.0. The molecular weight excluding hydrogens is 320 g/mol. The molecule has 1 aliphatic heterocycles. The van der Waals surface area contributed by atoms with Gasteiger partial charge in [0.25, 0.3) is 5.92 Å². The van der Waals surface area contributed by atoms with Crippen LogP contribution in [0.5, 0.6) is 0 Å². The van der Waals surface area contributed by atoms with Crippen LogP contribution in [0.4, 0.5) is 13.6 Å². The number of aliphatic hydroxyl groups is 1. The van der Waals surface area contributed by atoms with Crippen LogP contribution in [0.2, 0.25) is 0 Å². The molecule has 0 aliphatic carbocycles. The van der Waals surface area contributed by atoms with E-state index in [2.05, 4.69) is 0 Å². The van der Waals surface area contributed by atoms with Crippen LogP contribution in [-0.2, 0) is 16.1 Å². The van der Waals surface area contributed by atoms with Crippen molar-refractivity contribution < 1.29 is 28.2 Å². The van der Waals surface area contributed by atoms with Gasteiger partial charge in [0.05, 0.1) is 19.8 Å². The van der Waals surface area contributed by atoms with Gasteiger partial charge in [-0.1, -0.05) is 30.3 Å². The smallest absolute Gasteiger partial charge is 0.410 e. The molecule has 5 nitrogen and oxygen atoms in total. The normalized spacial score (nSPS) is 23.3. The molecular formula is C17H23F2NO4. The lowest BCUT2D eigenvalue weighted by Crippen LogP contribution is -2.48. The van der Waals surface area contributed by atoms with Gasteiger partial charge < -0.3 is 14.6 Å². The molecule has 1 amide bonds. The third-order valence-corrected chi connectivity index (χ3v) is 3.65. The van der Waals surface area contributed by atoms with Gasteiger partial charge in [-0.2, -0.15) is 0 Å². The number of carbonyl (C=O) groups excluding carboxylic acids is 1. The van der Waals surface area contributed by atoms with Crippen LogP contribution in [0.25, 0.3) is 0 Å². The molecule has 0 saturated carbocycles. The molecule has 2 rings (SSSR count). The Morgan fingerprint density at radius 1 is 1.33 bits per heavy atom. The summed E-state index contributed by atoms with van der Waals surface area (Å²) >= 11 is 0. The van der Waals surface area contributed by atoms with Gasteiger partial charge >= 0.3 is 6.09 Å². The van der Waals surface area contributed by atoms with Crippen molar-refractivity contribution in [3.63, 3.8) is 0 Å². The first kappa shape index (κ1) is 18.6. The minimum absolute atomic E-state index is 0.145. The zero-order chi connectivity index (χ0) is 18.0. The lowest BCUT2D eigenvalue weighted by atomic mass is 10.1. The van der Waals surface area contributed by atoms with E-state index in [1.807, 2.05) is 30.3 Å². The van der Waals surface area contributed by atoms with Crippen LogP contribution in [0.1, 0.15) is 26.3 Å². The summed E-state index contributed by atoms with van der Waals surface area (Å²) in [5.41, 5.74) is 0.0261. The molecule has 1 heterocycles. The van der Waals surface area contributed by atoms with Crippen molar-refractivity contribution in [2.45, 2.75) is 51.0 Å². The number of hydrogen-bond donors (Lipinski definition) is 1. The van der Waals surface area contributed by atoms with Gasteiger partial charge in [0.15, 0.2) is 0 Å². The molecule has 1 fully saturated rings. The van der Waals surface area contributed by atoms with Gasteiger partial charge in [-0.15, -0.1) is 0 Å². The number of halogens is 2. The molecule has 1 aromatic rings. The third kappa shape index (κ3) is 4.42. The minimum Gasteiger partial charge on any atom is -0.444 e. The molecule has 0 spiro atoms. The van der Waals surface area contributed by atoms with Gasteiger partial charge in [-0.25, -0.2) is 13.6 Å². The highest BCUT2D eigenvalue weighted by Gasteiger charge is 2.58. The highest BCUT2D eigenvalue weighted by atomic mass is 19.3. The van der Waals surface area contributed by atoms with Crippen LogP contribution < -0.4 is 0 Å². The molecule has 1 N–H and O–H groups in total. The minimum atomic E-state index is -3.45. The molecule has 1 saturated heterocycles. The lowest BCUT2D eigenvalue weighted by Gasteiger charge is -2.29. The van der Waals surface area contributed by atoms with Crippen LogP contribution in [0, 0.1) is 0 Å². The number of alkyl halides is 2. The molecule has 24 heavy (non-hydrogen) atoms. The van der Waals surface area contributed by atoms with E-state index >= 15 is 0 Å². The highest BCUT2D eigenvalue weighted by molar-refractivity contribution is 5.69. The number of likely N-dealkylation sites (tertiary alicyclic amines) is 1. The van der Waals surface area contributed by atoms with Crippen LogP contribution in [0.15, 0.2) is 30.3 Å². The van der Waals surface area contributed by atoms with E-state index < -0.39 is 42.9 Å². The molecule has 0 aromatic heterocycles. The fourth-order valence-electron chi connectivity index (χ4n) is 2.45. The molecule has 134 valence electrons. The van der Waals surface area contributed by atoms with E-state index in [9.17, 15) is 18.7 Å². The van der Waals surface area contributed by atoms with E-state index in [4.69, 9.17) is 9.47 Å². The Bertz CT molecular complexity index is 559. The fraction of sp³-hybridized carbons (Fsp3) is 0.588. The lowest BCUT2D eigenvalue weighted by molar-refractivity contribution is -0.116. The van der Waals surface area contributed by atoms with E-state index in [1.165, 1.54) is 0 Å². The number of aliphatic hydroxyl groups excluding tert-OH is 1. The van der Waals surface area contributed by atoms with Crippen molar-refractivity contribution in [2.24, 2.45) is 0 Å². The van der Waals surface area contributed by atoms with Crippen molar-refractivity contribution in [2.75, 3.05) is 13.2 Å². The monoisotopic (exact) mass is 343 g/mol. The third-order valence-electron chi connectivity index (χ3n) is 3.65. The molecule has 1 aromatic carbocycles. The standard InChI is InChI=1S/C17H23F2NO4/c1-16(2,3)24-15(22)20-9-14(21)17(18,19)13(20)11-23-10-12-7-5-4-6-8-12/h4-8,13-14,21H,9-11H2,1-3H3/t13-,14+/m1/s1. The first-order valence-corrected chi connectivity index (χ1v) is 7.78. The van der Waals surface area contributed by atoms with E-state index in [0.29, 0.717) is 0 Å². The number of hydrogen-bond acceptors (Lipinski definition) is 4. The van der Waals surface area contributed by atoms with Crippen LogP contribution in [-0.4, -0.2) is 52.9 Å². The predicted molar refractivity (Wildman–Crippen MR) is 83.8 cm³/mol. The number of β-amino-alcohol motifs (C(OH)–C–C–N with tert-alkyl or cyclic N) is 1. The number of rotatable bonds is 4. The number of ether oxygens (including phenoxy) is 2. The zero-order valence-corrected chi connectivity index (χ0v) is 14.0. The van der Waals surface area contributed by atoms with Gasteiger partial charge in [0, 0.05) is 0 Å². The Morgan fingerprint density at radius 2 is 1.96 bits per heavy atom. The van der Waals surface area contributed by atoms with E-state index in [0.717, 1.165) is 10.5 Å². The summed E-state index contributed by atoms with van der Waals surface area (Å²) in [5.74, 6) is -3.45. The second kappa shape index (κ2) is 7.03. The SMILES string of the molecule is CC(C)(C)OC(=O)N1C[C@H](O)C(F)(F)[C@H]1COCc1ccccc1. The van der Waals surface area contributed by atoms with Gasteiger partial charge in [0.1, 0.15) is 17.7 Å². The second-order valence-electron chi connectivity index (χ2n) is 6.84. The van der Waals surface area contributed by atoms with Crippen molar-refractivity contribution in [3.8, 4) is 0 Å². The summed E-state index contributed by atoms with van der Waals surface area (Å²) in [6, 6.07) is 7.54. The molecule has 0 unspecified atom stereocenters. The molecule has 2 atom stereocenters. The Balaban J connectivity index is 2.03. The first-order chi connectivity index (χ1) is 11.1. The first-order valence-electron chi connectivity index (χ1n) is 7.78. The second-order valence-corrected chi connectivity index (χ2v) is 6.84. The maximum Gasteiger partial charge on any atom is 0.410 e. The maximum absolute atomic E-state index is 14.2. The molecule has 0 radical (unpaired) electrons.